The first-order valence-electron chi connectivity index (χ1n) is 5.82. The summed E-state index contributed by atoms with van der Waals surface area (Å²) in [4.78, 5) is 0. The molecule has 0 radical (unpaired) electrons. The van der Waals surface area contributed by atoms with E-state index in [0.29, 0.717) is 6.54 Å². The predicted molar refractivity (Wildman–Crippen MR) is 74.2 cm³/mol. The highest BCUT2D eigenvalue weighted by Crippen LogP contribution is 2.15. The van der Waals surface area contributed by atoms with Crippen LogP contribution in [0.1, 0.15) is 18.1 Å². The van der Waals surface area contributed by atoms with Crippen molar-refractivity contribution in [2.24, 2.45) is 11.6 Å². The van der Waals surface area contributed by atoms with Crippen LogP contribution in [0.15, 0.2) is 43.0 Å². The highest BCUT2D eigenvalue weighted by Gasteiger charge is 1.97. The fourth-order valence-corrected chi connectivity index (χ4v) is 1.49. The van der Waals surface area contributed by atoms with Crippen LogP contribution in [-0.2, 0) is 6.42 Å². The Bertz CT molecular complexity index is 379. The summed E-state index contributed by atoms with van der Waals surface area (Å²) in [6.45, 7) is 6.71. The number of aryl methyl sites for hydroxylation is 1. The van der Waals surface area contributed by atoms with Crippen LogP contribution in [0.5, 0.6) is 0 Å². The zero-order valence-electron chi connectivity index (χ0n) is 10.3. The van der Waals surface area contributed by atoms with Gasteiger partial charge in [0.2, 0.25) is 0 Å². The molecule has 0 bridgehead atoms. The second kappa shape index (κ2) is 7.01. The maximum Gasteiger partial charge on any atom is 0.0368 e. The highest BCUT2D eigenvalue weighted by atomic mass is 15.2. The van der Waals surface area contributed by atoms with E-state index in [1.807, 2.05) is 12.2 Å². The molecule has 1 unspecified atom stereocenters. The molecule has 0 aliphatic carbocycles. The predicted octanol–water partition coefficient (Wildman–Crippen LogP) is 1.61. The summed E-state index contributed by atoms with van der Waals surface area (Å²) in [5, 5.41) is 0. The van der Waals surface area contributed by atoms with Crippen molar-refractivity contribution in [1.29, 1.82) is 0 Å². The number of hydrogen-bond donors (Lipinski definition) is 3. The lowest BCUT2D eigenvalue weighted by molar-refractivity contribution is 0.669. The van der Waals surface area contributed by atoms with Crippen molar-refractivity contribution in [2.45, 2.75) is 19.4 Å². The minimum Gasteiger partial charge on any atom is -0.323 e. The third-order valence-electron chi connectivity index (χ3n) is 2.63. The average Bonchev–Trinajstić information content (AvgIpc) is 2.36. The SMILES string of the molecule is C=C(/C=C\C(N)CNN)c1ccc(CC)cc1. The molecule has 0 amide bonds. The van der Waals surface area contributed by atoms with Gasteiger partial charge in [0, 0.05) is 12.6 Å². The Balaban J connectivity index is 2.63. The summed E-state index contributed by atoms with van der Waals surface area (Å²) in [5.41, 5.74) is 11.7. The molecule has 0 fully saturated rings. The second-order valence-corrected chi connectivity index (χ2v) is 4.01. The molecular weight excluding hydrogens is 210 g/mol. The molecule has 5 N–H and O–H groups in total. The third kappa shape index (κ3) is 4.53. The molecule has 0 saturated carbocycles. The number of hydrazine groups is 1. The Hall–Kier alpha value is -1.42. The van der Waals surface area contributed by atoms with Crippen molar-refractivity contribution in [2.75, 3.05) is 6.54 Å². The topological polar surface area (TPSA) is 64.1 Å². The lowest BCUT2D eigenvalue weighted by atomic mass is 10.0. The minimum atomic E-state index is -0.0911. The largest absolute Gasteiger partial charge is 0.323 e. The van der Waals surface area contributed by atoms with Gasteiger partial charge in [-0.05, 0) is 23.1 Å². The van der Waals surface area contributed by atoms with Gasteiger partial charge in [-0.15, -0.1) is 0 Å². The van der Waals surface area contributed by atoms with Gasteiger partial charge in [0.25, 0.3) is 0 Å². The minimum absolute atomic E-state index is 0.0911. The van der Waals surface area contributed by atoms with Gasteiger partial charge in [-0.2, -0.15) is 0 Å². The van der Waals surface area contributed by atoms with Crippen molar-refractivity contribution < 1.29 is 0 Å². The van der Waals surface area contributed by atoms with Gasteiger partial charge in [0.1, 0.15) is 0 Å². The van der Waals surface area contributed by atoms with E-state index in [1.54, 1.807) is 0 Å². The zero-order chi connectivity index (χ0) is 12.7. The average molecular weight is 231 g/mol. The van der Waals surface area contributed by atoms with E-state index >= 15 is 0 Å². The van der Waals surface area contributed by atoms with Gasteiger partial charge in [-0.25, -0.2) is 0 Å². The molecule has 0 heterocycles. The number of rotatable bonds is 6. The molecule has 0 aromatic heterocycles. The van der Waals surface area contributed by atoms with Crippen LogP contribution in [0.3, 0.4) is 0 Å². The molecular formula is C14H21N3. The van der Waals surface area contributed by atoms with Gasteiger partial charge in [-0.1, -0.05) is 49.9 Å². The normalized spacial score (nSPS) is 12.9. The quantitative estimate of drug-likeness (QED) is 0.396. The Morgan fingerprint density at radius 3 is 2.59 bits per heavy atom. The highest BCUT2D eigenvalue weighted by molar-refractivity contribution is 5.72. The molecule has 92 valence electrons. The summed E-state index contributed by atoms with van der Waals surface area (Å²) in [6, 6.07) is 8.31. The van der Waals surface area contributed by atoms with Crippen molar-refractivity contribution in [3.05, 3.63) is 54.1 Å². The molecule has 3 nitrogen and oxygen atoms in total. The number of allylic oxidation sites excluding steroid dienone is 2. The fraction of sp³-hybridized carbons (Fsp3) is 0.286. The number of hydrogen-bond acceptors (Lipinski definition) is 3. The summed E-state index contributed by atoms with van der Waals surface area (Å²) in [5.74, 6) is 5.19. The van der Waals surface area contributed by atoms with Crippen LogP contribution < -0.4 is 17.0 Å². The maximum atomic E-state index is 5.79. The summed E-state index contributed by atoms with van der Waals surface area (Å²) >= 11 is 0. The molecule has 1 rings (SSSR count). The van der Waals surface area contributed by atoms with Crippen LogP contribution in [0.2, 0.25) is 0 Å². The molecule has 3 heteroatoms. The monoisotopic (exact) mass is 231 g/mol. The molecule has 1 atom stereocenters. The van der Waals surface area contributed by atoms with E-state index < -0.39 is 0 Å². The number of nitrogens with one attached hydrogen (secondary N) is 1. The van der Waals surface area contributed by atoms with E-state index in [2.05, 4.69) is 43.2 Å². The Kier molecular flexibility index (Phi) is 5.63. The molecule has 0 aliphatic heterocycles. The standard InChI is InChI=1S/C14H21N3/c1-3-12-5-7-13(8-6-12)11(2)4-9-14(15)10-17-16/h4-9,14,17H,2-3,10,15-16H2,1H3/b9-4-. The first kappa shape index (κ1) is 13.6. The molecule has 1 aromatic rings. The van der Waals surface area contributed by atoms with Gasteiger partial charge in [-0.3, -0.25) is 11.3 Å². The Morgan fingerprint density at radius 2 is 2.06 bits per heavy atom. The van der Waals surface area contributed by atoms with E-state index in [-0.39, 0.29) is 6.04 Å². The lowest BCUT2D eigenvalue weighted by Gasteiger charge is -2.06. The summed E-state index contributed by atoms with van der Waals surface area (Å²) in [7, 11) is 0. The second-order valence-electron chi connectivity index (χ2n) is 4.01. The summed E-state index contributed by atoms with van der Waals surface area (Å²) in [6.07, 6.45) is 4.88. The first-order chi connectivity index (χ1) is 8.17. The molecule has 17 heavy (non-hydrogen) atoms. The third-order valence-corrected chi connectivity index (χ3v) is 2.63. The van der Waals surface area contributed by atoms with Gasteiger partial charge >= 0.3 is 0 Å². The van der Waals surface area contributed by atoms with Crippen LogP contribution in [-0.4, -0.2) is 12.6 Å². The van der Waals surface area contributed by atoms with Crippen LogP contribution in [0.25, 0.3) is 5.57 Å². The number of nitrogens with two attached hydrogens (primary N) is 2. The van der Waals surface area contributed by atoms with E-state index in [4.69, 9.17) is 11.6 Å². The smallest absolute Gasteiger partial charge is 0.0368 e. The molecule has 0 saturated heterocycles. The van der Waals surface area contributed by atoms with E-state index in [1.165, 1.54) is 5.56 Å². The Labute approximate surface area is 103 Å². The first-order valence-corrected chi connectivity index (χ1v) is 5.82. The van der Waals surface area contributed by atoms with Crippen molar-refractivity contribution >= 4 is 5.57 Å². The van der Waals surface area contributed by atoms with Gasteiger partial charge in [0.15, 0.2) is 0 Å². The van der Waals surface area contributed by atoms with Gasteiger partial charge in [0.05, 0.1) is 0 Å². The van der Waals surface area contributed by atoms with Crippen LogP contribution in [0.4, 0.5) is 0 Å². The summed E-state index contributed by atoms with van der Waals surface area (Å²) < 4.78 is 0. The zero-order valence-corrected chi connectivity index (χ0v) is 10.3. The van der Waals surface area contributed by atoms with Crippen LogP contribution in [0, 0.1) is 0 Å². The lowest BCUT2D eigenvalue weighted by Crippen LogP contribution is -2.36. The van der Waals surface area contributed by atoms with E-state index in [0.717, 1.165) is 17.6 Å². The fourth-order valence-electron chi connectivity index (χ4n) is 1.49. The molecule has 0 spiro atoms. The van der Waals surface area contributed by atoms with Crippen molar-refractivity contribution in [3.63, 3.8) is 0 Å². The molecule has 1 aromatic carbocycles. The van der Waals surface area contributed by atoms with E-state index in [9.17, 15) is 0 Å². The van der Waals surface area contributed by atoms with Crippen LogP contribution >= 0.6 is 0 Å². The maximum absolute atomic E-state index is 5.79. The van der Waals surface area contributed by atoms with Gasteiger partial charge < -0.3 is 5.73 Å². The molecule has 0 aliphatic rings. The number of benzene rings is 1. The van der Waals surface area contributed by atoms with Crippen molar-refractivity contribution in [3.8, 4) is 0 Å². The van der Waals surface area contributed by atoms with Crippen molar-refractivity contribution in [1.82, 2.24) is 5.43 Å². The Morgan fingerprint density at radius 1 is 1.41 bits per heavy atom.